The van der Waals surface area contributed by atoms with E-state index in [9.17, 15) is 3.87 Å². The monoisotopic (exact) mass is 377 g/mol. The predicted octanol–water partition coefficient (Wildman–Crippen LogP) is 4.13. The van der Waals surface area contributed by atoms with Crippen LogP contribution in [-0.4, -0.2) is 0 Å². The van der Waals surface area contributed by atoms with E-state index in [2.05, 4.69) is 19.1 Å². The number of hydrogen-bond acceptors (Lipinski definition) is 2. The molecule has 25 heavy (non-hydrogen) atoms. The number of hydrogen-bond donors (Lipinski definition) is 0. The van der Waals surface area contributed by atoms with Crippen LogP contribution in [0.5, 0.6) is 5.75 Å². The molecule has 3 aromatic carbocycles. The Balaban J connectivity index is 1.64. The number of aryl methyl sites for hydroxylation is 1. The summed E-state index contributed by atoms with van der Waals surface area (Å²) >= 11 is -1.54. The van der Waals surface area contributed by atoms with Gasteiger partial charge in [0.1, 0.15) is 0 Å². The van der Waals surface area contributed by atoms with E-state index in [1.807, 2.05) is 66.7 Å². The summed E-state index contributed by atoms with van der Waals surface area (Å²) in [5.74, 6) is 0.786. The topological polar surface area (TPSA) is 26.3 Å². The van der Waals surface area contributed by atoms with Gasteiger partial charge in [-0.15, -0.1) is 0 Å². The Morgan fingerprint density at radius 3 is 1.96 bits per heavy atom. The maximum absolute atomic E-state index is 12.7. The molecular weight excluding hydrogens is 355 g/mol. The molecule has 0 bridgehead atoms. The zero-order valence-electron chi connectivity index (χ0n) is 14.3. The Morgan fingerprint density at radius 2 is 1.36 bits per heavy atom. The third-order valence-electron chi connectivity index (χ3n) is 3.83. The van der Waals surface area contributed by atoms with E-state index in [0.717, 1.165) is 33.2 Å². The Labute approximate surface area is 153 Å². The minimum absolute atomic E-state index is 0.533. The predicted molar refractivity (Wildman–Crippen MR) is 97.6 cm³/mol. The molecule has 3 aromatic rings. The summed E-state index contributed by atoms with van der Waals surface area (Å²) < 4.78 is 20.2. The van der Waals surface area contributed by atoms with E-state index in [4.69, 9.17) is 4.74 Å². The molecule has 3 heteroatoms. The number of benzene rings is 3. The zero-order chi connectivity index (χ0) is 17.5. The second kappa shape index (κ2) is 8.74. The molecule has 0 N–H and O–H groups in total. The molecule has 0 saturated carbocycles. The fraction of sp³-hybridized carbons (Fsp3) is 0.182. The average Bonchev–Trinajstić information content (AvgIpc) is 2.68. The maximum atomic E-state index is 12.7. The van der Waals surface area contributed by atoms with Crippen LogP contribution < -0.4 is 13.7 Å². The van der Waals surface area contributed by atoms with Gasteiger partial charge in [-0.1, -0.05) is 0 Å². The first-order valence-corrected chi connectivity index (χ1v) is 9.90. The first-order valence-electron chi connectivity index (χ1n) is 8.43. The Hall–Kier alpha value is -2.23. The normalized spacial score (nSPS) is 11.2. The third-order valence-corrected chi connectivity index (χ3v) is 5.62. The van der Waals surface area contributed by atoms with E-state index >= 15 is 0 Å². The fourth-order valence-corrected chi connectivity index (χ4v) is 3.83. The van der Waals surface area contributed by atoms with E-state index in [0.29, 0.717) is 6.61 Å². The summed E-state index contributed by atoms with van der Waals surface area (Å²) in [5.41, 5.74) is 2.42. The average molecular weight is 377 g/mol. The minimum atomic E-state index is -1.54. The van der Waals surface area contributed by atoms with Gasteiger partial charge >= 0.3 is 153 Å². The summed E-state index contributed by atoms with van der Waals surface area (Å²) in [4.78, 5) is 0. The molecule has 0 unspecified atom stereocenters. The van der Waals surface area contributed by atoms with E-state index in [-0.39, 0.29) is 0 Å². The molecule has 3 rings (SSSR count). The molecular formula is C22H22CoO2. The van der Waals surface area contributed by atoms with Crippen molar-refractivity contribution in [3.8, 4) is 5.75 Å². The van der Waals surface area contributed by atoms with Gasteiger partial charge in [0, 0.05) is 0 Å². The van der Waals surface area contributed by atoms with Crippen molar-refractivity contribution in [2.24, 2.45) is 0 Å². The Kier molecular flexibility index (Phi) is 6.15. The molecule has 0 aliphatic carbocycles. The second-order valence-electron chi connectivity index (χ2n) is 5.77. The molecule has 0 heterocycles. The van der Waals surface area contributed by atoms with Crippen LogP contribution in [0.3, 0.4) is 0 Å². The molecule has 131 valence electrons. The van der Waals surface area contributed by atoms with Crippen LogP contribution in [0.4, 0.5) is 0 Å². The van der Waals surface area contributed by atoms with Crippen LogP contribution in [-0.2, 0) is 30.5 Å². The standard InChI is InChI=1S/C13H11O.C9H11.Co.O/c1-3-7-12(8-4-1)11-14-13-9-5-2-6-10-13;1-2-6-9-7-4-3-5-8-9;;/h1,3-10H,11H2;4-5,7-8H,2,6H2,1H3;;. The van der Waals surface area contributed by atoms with Gasteiger partial charge in [0.05, 0.1) is 0 Å². The van der Waals surface area contributed by atoms with Crippen molar-refractivity contribution < 1.29 is 22.2 Å². The van der Waals surface area contributed by atoms with Crippen molar-refractivity contribution in [2.45, 2.75) is 26.4 Å². The number of ether oxygens (including phenoxy) is 1. The van der Waals surface area contributed by atoms with Crippen molar-refractivity contribution in [3.05, 3.63) is 90.0 Å². The quantitative estimate of drug-likeness (QED) is 0.619. The van der Waals surface area contributed by atoms with Gasteiger partial charge < -0.3 is 0 Å². The van der Waals surface area contributed by atoms with Crippen LogP contribution in [0, 0.1) is 0 Å². The van der Waals surface area contributed by atoms with Crippen molar-refractivity contribution >= 4 is 9.00 Å². The van der Waals surface area contributed by atoms with Crippen molar-refractivity contribution in [1.82, 2.24) is 0 Å². The van der Waals surface area contributed by atoms with Crippen molar-refractivity contribution in [2.75, 3.05) is 0 Å². The molecule has 0 fully saturated rings. The van der Waals surface area contributed by atoms with E-state index in [1.54, 1.807) is 0 Å². The molecule has 0 aliphatic rings. The van der Waals surface area contributed by atoms with Gasteiger partial charge in [-0.3, -0.25) is 0 Å². The molecule has 0 atom stereocenters. The fourth-order valence-electron chi connectivity index (χ4n) is 2.51. The first-order chi connectivity index (χ1) is 12.3. The molecule has 0 spiro atoms. The summed E-state index contributed by atoms with van der Waals surface area (Å²) in [7, 11) is 0. The molecule has 0 radical (unpaired) electrons. The van der Waals surface area contributed by atoms with Gasteiger partial charge in [0.2, 0.25) is 0 Å². The second-order valence-corrected chi connectivity index (χ2v) is 7.66. The van der Waals surface area contributed by atoms with Gasteiger partial charge in [-0.05, 0) is 0 Å². The molecule has 0 saturated heterocycles. The Morgan fingerprint density at radius 1 is 0.760 bits per heavy atom. The van der Waals surface area contributed by atoms with Crippen LogP contribution in [0.1, 0.15) is 24.5 Å². The van der Waals surface area contributed by atoms with Gasteiger partial charge in [0.15, 0.2) is 0 Å². The van der Waals surface area contributed by atoms with Gasteiger partial charge in [-0.25, -0.2) is 0 Å². The van der Waals surface area contributed by atoms with Gasteiger partial charge in [0.25, 0.3) is 0 Å². The summed E-state index contributed by atoms with van der Waals surface area (Å²) in [6, 6.07) is 25.7. The van der Waals surface area contributed by atoms with E-state index < -0.39 is 13.6 Å². The first kappa shape index (κ1) is 17.6. The SMILES string of the molecule is CCCc1cc[c]([Co](=[O])[c]2ccc(OCc3ccccc3)cc2)cc1. The van der Waals surface area contributed by atoms with Crippen molar-refractivity contribution in [1.29, 1.82) is 0 Å². The molecule has 0 aromatic heterocycles. The Bertz CT molecular complexity index is 809. The van der Waals surface area contributed by atoms with Crippen LogP contribution in [0.15, 0.2) is 78.9 Å². The number of rotatable bonds is 7. The van der Waals surface area contributed by atoms with E-state index in [1.165, 1.54) is 5.56 Å². The van der Waals surface area contributed by atoms with Gasteiger partial charge in [-0.2, -0.15) is 0 Å². The van der Waals surface area contributed by atoms with Crippen molar-refractivity contribution in [3.63, 3.8) is 0 Å². The molecule has 0 amide bonds. The zero-order valence-corrected chi connectivity index (χ0v) is 15.3. The molecule has 0 aliphatic heterocycles. The molecule has 2 nitrogen and oxygen atoms in total. The van der Waals surface area contributed by atoms with Crippen LogP contribution >= 0.6 is 0 Å². The third kappa shape index (κ3) is 4.88. The van der Waals surface area contributed by atoms with Crippen LogP contribution in [0.2, 0.25) is 0 Å². The summed E-state index contributed by atoms with van der Waals surface area (Å²) in [5, 5.41) is 0. The summed E-state index contributed by atoms with van der Waals surface area (Å²) in [6.07, 6.45) is 2.18. The summed E-state index contributed by atoms with van der Waals surface area (Å²) in [6.45, 7) is 2.70. The van der Waals surface area contributed by atoms with Crippen LogP contribution in [0.25, 0.3) is 0 Å².